The highest BCUT2D eigenvalue weighted by molar-refractivity contribution is 5.87. The summed E-state index contributed by atoms with van der Waals surface area (Å²) < 4.78 is 0. The normalized spacial score (nSPS) is 32.1. The molecule has 4 aliphatic carbocycles. The summed E-state index contributed by atoms with van der Waals surface area (Å²) in [6.07, 6.45) is 13.7. The number of rotatable bonds is 5. The molecule has 0 amide bonds. The summed E-state index contributed by atoms with van der Waals surface area (Å²) in [7, 11) is 0. The van der Waals surface area contributed by atoms with Crippen molar-refractivity contribution in [2.24, 2.45) is 23.2 Å². The number of nitrogens with zero attached hydrogens (tertiary/aromatic N) is 2. The lowest BCUT2D eigenvalue weighted by atomic mass is 9.48. The zero-order valence-corrected chi connectivity index (χ0v) is 14.9. The van der Waals surface area contributed by atoms with Gasteiger partial charge in [-0.25, -0.2) is 9.78 Å². The Morgan fingerprint density at radius 2 is 1.73 bits per heavy atom. The van der Waals surface area contributed by atoms with E-state index in [4.69, 9.17) is 0 Å². The Balaban J connectivity index is 1.39. The van der Waals surface area contributed by atoms with Crippen molar-refractivity contribution in [2.75, 3.05) is 0 Å². The fourth-order valence-corrected chi connectivity index (χ4v) is 6.40. The van der Waals surface area contributed by atoms with E-state index >= 15 is 0 Å². The van der Waals surface area contributed by atoms with E-state index in [1.165, 1.54) is 38.5 Å². The molecule has 2 heterocycles. The van der Waals surface area contributed by atoms with Gasteiger partial charge < -0.3 is 10.1 Å². The van der Waals surface area contributed by atoms with Gasteiger partial charge in [-0.15, -0.1) is 0 Å². The van der Waals surface area contributed by atoms with Crippen molar-refractivity contribution < 1.29 is 9.90 Å². The van der Waals surface area contributed by atoms with Crippen molar-refractivity contribution >= 4 is 5.97 Å². The van der Waals surface area contributed by atoms with Gasteiger partial charge in [-0.3, -0.25) is 4.98 Å². The number of carboxylic acids is 1. The number of aromatic nitrogens is 3. The highest BCUT2D eigenvalue weighted by Crippen LogP contribution is 2.61. The van der Waals surface area contributed by atoms with Crippen LogP contribution in [0.25, 0.3) is 11.4 Å². The zero-order chi connectivity index (χ0) is 17.7. The van der Waals surface area contributed by atoms with Gasteiger partial charge in [0.25, 0.3) is 0 Å². The van der Waals surface area contributed by atoms with E-state index in [2.05, 4.69) is 15.0 Å². The molecule has 0 aliphatic heterocycles. The standard InChI is InChI=1S/C21H25N3O2/c25-20(26)18-17(23-19(24-18)16-2-5-22-6-3-16)1-4-21-10-13-7-14(11-21)9-15(8-13)12-21/h2-3,5-6,13-15H,1,4,7-12H2,(H,23,24)(H,25,26). The molecule has 0 spiro atoms. The van der Waals surface area contributed by atoms with Gasteiger partial charge in [0, 0.05) is 23.7 Å². The number of aromatic amines is 1. The van der Waals surface area contributed by atoms with Crippen LogP contribution in [0.3, 0.4) is 0 Å². The molecule has 2 aromatic rings. The molecule has 4 bridgehead atoms. The Morgan fingerprint density at radius 1 is 1.12 bits per heavy atom. The molecule has 4 saturated carbocycles. The average molecular weight is 351 g/mol. The molecule has 2 aromatic heterocycles. The second-order valence-electron chi connectivity index (χ2n) is 8.87. The molecule has 4 aliphatic rings. The minimum Gasteiger partial charge on any atom is -0.476 e. The van der Waals surface area contributed by atoms with Crippen molar-refractivity contribution in [1.29, 1.82) is 0 Å². The number of pyridine rings is 1. The van der Waals surface area contributed by atoms with Gasteiger partial charge in [-0.2, -0.15) is 0 Å². The van der Waals surface area contributed by atoms with Crippen LogP contribution in [0.1, 0.15) is 61.1 Å². The predicted molar refractivity (Wildman–Crippen MR) is 97.7 cm³/mol. The van der Waals surface area contributed by atoms with Crippen LogP contribution < -0.4 is 0 Å². The van der Waals surface area contributed by atoms with Crippen LogP contribution in [-0.2, 0) is 6.42 Å². The van der Waals surface area contributed by atoms with Crippen LogP contribution in [0, 0.1) is 23.2 Å². The van der Waals surface area contributed by atoms with Crippen molar-refractivity contribution in [3.63, 3.8) is 0 Å². The Morgan fingerprint density at radius 3 is 2.31 bits per heavy atom. The summed E-state index contributed by atoms with van der Waals surface area (Å²) in [6, 6.07) is 3.71. The van der Waals surface area contributed by atoms with Crippen molar-refractivity contribution in [3.05, 3.63) is 35.9 Å². The number of nitrogens with one attached hydrogen (secondary N) is 1. The number of aromatic carboxylic acids is 1. The van der Waals surface area contributed by atoms with Gasteiger partial charge in [-0.1, -0.05) is 0 Å². The molecule has 0 saturated heterocycles. The third-order valence-electron chi connectivity index (χ3n) is 7.01. The molecule has 5 heteroatoms. The minimum atomic E-state index is -0.943. The molecular formula is C21H25N3O2. The monoisotopic (exact) mass is 351 g/mol. The lowest BCUT2D eigenvalue weighted by Crippen LogP contribution is -2.46. The Labute approximate surface area is 153 Å². The lowest BCUT2D eigenvalue weighted by molar-refractivity contribution is -0.0571. The Hall–Kier alpha value is -2.17. The summed E-state index contributed by atoms with van der Waals surface area (Å²) in [6.45, 7) is 0. The molecular weight excluding hydrogens is 326 g/mol. The van der Waals surface area contributed by atoms with Crippen LogP contribution in [0.4, 0.5) is 0 Å². The van der Waals surface area contributed by atoms with Crippen molar-refractivity contribution in [3.8, 4) is 11.4 Å². The summed E-state index contributed by atoms with van der Waals surface area (Å²) >= 11 is 0. The SMILES string of the molecule is O=C(O)c1nc(-c2ccncc2)[nH]c1CCC12CC3CC(CC(C3)C1)C2. The van der Waals surface area contributed by atoms with Crippen LogP contribution in [-0.4, -0.2) is 26.0 Å². The van der Waals surface area contributed by atoms with E-state index in [0.29, 0.717) is 11.2 Å². The van der Waals surface area contributed by atoms with Crippen LogP contribution in [0.5, 0.6) is 0 Å². The topological polar surface area (TPSA) is 78.9 Å². The molecule has 6 rings (SSSR count). The van der Waals surface area contributed by atoms with Crippen LogP contribution in [0.15, 0.2) is 24.5 Å². The highest BCUT2D eigenvalue weighted by Gasteiger charge is 2.50. The molecule has 26 heavy (non-hydrogen) atoms. The number of hydrogen-bond acceptors (Lipinski definition) is 3. The van der Waals surface area contributed by atoms with Gasteiger partial charge in [0.15, 0.2) is 5.69 Å². The average Bonchev–Trinajstić information content (AvgIpc) is 3.04. The molecule has 4 fully saturated rings. The fraction of sp³-hybridized carbons (Fsp3) is 0.571. The Kier molecular flexibility index (Phi) is 3.66. The fourth-order valence-electron chi connectivity index (χ4n) is 6.40. The summed E-state index contributed by atoms with van der Waals surface area (Å²) in [5, 5.41) is 9.59. The molecule has 0 atom stereocenters. The number of imidazole rings is 1. The van der Waals surface area contributed by atoms with E-state index in [9.17, 15) is 9.90 Å². The van der Waals surface area contributed by atoms with Gasteiger partial charge in [0.2, 0.25) is 0 Å². The summed E-state index contributed by atoms with van der Waals surface area (Å²) in [4.78, 5) is 23.4. The van der Waals surface area contributed by atoms with Gasteiger partial charge in [0.1, 0.15) is 5.82 Å². The maximum atomic E-state index is 11.7. The number of carbonyl (C=O) groups is 1. The van der Waals surface area contributed by atoms with E-state index in [1.807, 2.05) is 12.1 Å². The first-order valence-electron chi connectivity index (χ1n) is 9.83. The summed E-state index contributed by atoms with van der Waals surface area (Å²) in [5.74, 6) is 2.46. The van der Waals surface area contributed by atoms with E-state index in [0.717, 1.165) is 41.9 Å². The molecule has 0 unspecified atom stereocenters. The number of aryl methyl sites for hydroxylation is 1. The maximum absolute atomic E-state index is 11.7. The maximum Gasteiger partial charge on any atom is 0.356 e. The number of carboxylic acid groups (broad SMARTS) is 1. The first-order valence-corrected chi connectivity index (χ1v) is 9.83. The number of H-pyrrole nitrogens is 1. The van der Waals surface area contributed by atoms with Crippen LogP contribution in [0.2, 0.25) is 0 Å². The number of hydrogen-bond donors (Lipinski definition) is 2. The predicted octanol–water partition coefficient (Wildman–Crippen LogP) is 4.32. The Bertz CT molecular complexity index is 792. The summed E-state index contributed by atoms with van der Waals surface area (Å²) in [5.41, 5.74) is 2.29. The van der Waals surface area contributed by atoms with Gasteiger partial charge in [-0.05, 0) is 86.7 Å². The first kappa shape index (κ1) is 16.0. The van der Waals surface area contributed by atoms with E-state index < -0.39 is 5.97 Å². The molecule has 136 valence electrons. The second-order valence-corrected chi connectivity index (χ2v) is 8.87. The highest BCUT2D eigenvalue weighted by atomic mass is 16.4. The molecule has 2 N–H and O–H groups in total. The van der Waals surface area contributed by atoms with E-state index in [1.54, 1.807) is 12.4 Å². The first-order chi connectivity index (χ1) is 12.6. The second kappa shape index (κ2) is 5.93. The quantitative estimate of drug-likeness (QED) is 0.841. The lowest BCUT2D eigenvalue weighted by Gasteiger charge is -2.57. The van der Waals surface area contributed by atoms with Crippen molar-refractivity contribution in [1.82, 2.24) is 15.0 Å². The van der Waals surface area contributed by atoms with Crippen LogP contribution >= 0.6 is 0 Å². The van der Waals surface area contributed by atoms with Gasteiger partial charge in [0.05, 0.1) is 0 Å². The zero-order valence-electron chi connectivity index (χ0n) is 14.9. The van der Waals surface area contributed by atoms with Crippen molar-refractivity contribution in [2.45, 2.75) is 51.4 Å². The smallest absolute Gasteiger partial charge is 0.356 e. The third kappa shape index (κ3) is 2.74. The van der Waals surface area contributed by atoms with Gasteiger partial charge >= 0.3 is 5.97 Å². The molecule has 0 aromatic carbocycles. The molecule has 0 radical (unpaired) electrons. The molecule has 5 nitrogen and oxygen atoms in total. The van der Waals surface area contributed by atoms with E-state index in [-0.39, 0.29) is 5.69 Å². The largest absolute Gasteiger partial charge is 0.476 e. The minimum absolute atomic E-state index is 0.182. The third-order valence-corrected chi connectivity index (χ3v) is 7.01.